The van der Waals surface area contributed by atoms with Crippen LogP contribution >= 0.6 is 23.2 Å². The fourth-order valence-corrected chi connectivity index (χ4v) is 7.94. The molecule has 0 radical (unpaired) electrons. The third-order valence-electron chi connectivity index (χ3n) is 10.7. The Hall–Kier alpha value is -6.83. The van der Waals surface area contributed by atoms with Crippen molar-refractivity contribution < 1.29 is 42.1 Å². The molecule has 21 heteroatoms. The van der Waals surface area contributed by atoms with Crippen molar-refractivity contribution in [1.29, 1.82) is 0 Å². The number of carbonyl (C=O) groups excluding carboxylic acids is 3. The number of ether oxygens (including phenoxy) is 4. The normalized spacial score (nSPS) is 19.6. The number of alkyl halides is 1. The standard InChI is InChI=1S/C42H36Cl2F2N10O7/c1-21(57)61-33-29(25(39(59)60-5)14-28(30(33)45)55-19-53-31-35(49-17-51-37(31)55)47-15-23-10-6-8-12-26(23)43)34-42(4,63-22(2)58)41(3,46)40(62-34)56-20-54-32-36(50-18-52-38(32)56)48-16-24-11-7-9-13-27(24)44/h6-14,17-20,34,40H,15-16H2,1-5H3,(H,47,49,51)(H,48,50,52)/t34-,40-,41+,42+/m1/s1. The summed E-state index contributed by atoms with van der Waals surface area (Å²) < 4.78 is 60.7. The first-order chi connectivity index (χ1) is 30.1. The molecule has 1 fully saturated rings. The topological polar surface area (TPSA) is 199 Å². The SMILES string of the molecule is COC(=O)c1cc(-n2cnc3c(NCc4ccccc4Cl)ncnc32)c(F)c(OC(C)=O)c1[C@H]1O[C@@H](n2cnc3c(NCc4ccccc4Cl)ncnc32)[C@](C)(F)[C@@]1(C)OC(C)=O. The molecule has 8 rings (SSSR count). The van der Waals surface area contributed by atoms with Crippen LogP contribution in [0.2, 0.25) is 10.0 Å². The van der Waals surface area contributed by atoms with E-state index in [4.69, 9.17) is 42.1 Å². The van der Waals surface area contributed by atoms with Gasteiger partial charge in [-0.25, -0.2) is 43.5 Å². The van der Waals surface area contributed by atoms with E-state index in [0.29, 0.717) is 10.0 Å². The number of aromatic nitrogens is 8. The van der Waals surface area contributed by atoms with Crippen molar-refractivity contribution in [3.63, 3.8) is 0 Å². The highest BCUT2D eigenvalue weighted by Gasteiger charge is 2.68. The molecular weight excluding hydrogens is 865 g/mol. The third-order valence-corrected chi connectivity index (χ3v) is 11.5. The van der Waals surface area contributed by atoms with Gasteiger partial charge in [0.2, 0.25) is 0 Å². The fourth-order valence-electron chi connectivity index (χ4n) is 7.54. The molecule has 5 heterocycles. The van der Waals surface area contributed by atoms with Gasteiger partial charge in [-0.2, -0.15) is 0 Å². The largest absolute Gasteiger partial charge is 0.465 e. The number of methoxy groups -OCH3 is 1. The summed E-state index contributed by atoms with van der Waals surface area (Å²) >= 11 is 12.7. The molecule has 2 N–H and O–H groups in total. The van der Waals surface area contributed by atoms with Gasteiger partial charge in [-0.05, 0) is 43.2 Å². The highest BCUT2D eigenvalue weighted by molar-refractivity contribution is 6.31. The van der Waals surface area contributed by atoms with Crippen molar-refractivity contribution in [2.75, 3.05) is 17.7 Å². The van der Waals surface area contributed by atoms with Gasteiger partial charge in [0.15, 0.2) is 63.0 Å². The smallest absolute Gasteiger partial charge is 0.338 e. The summed E-state index contributed by atoms with van der Waals surface area (Å²) in [5, 5.41) is 7.37. The van der Waals surface area contributed by atoms with E-state index < -0.39 is 64.2 Å². The minimum Gasteiger partial charge on any atom is -0.465 e. The number of imidazole rings is 2. The van der Waals surface area contributed by atoms with Crippen LogP contribution in [-0.4, -0.2) is 75.3 Å². The highest BCUT2D eigenvalue weighted by Crippen LogP contribution is 2.59. The molecule has 0 aliphatic carbocycles. The molecule has 0 amide bonds. The summed E-state index contributed by atoms with van der Waals surface area (Å²) in [4.78, 5) is 65.7. The van der Waals surface area contributed by atoms with Crippen LogP contribution in [0.15, 0.2) is 79.9 Å². The minimum atomic E-state index is -2.71. The van der Waals surface area contributed by atoms with Crippen LogP contribution in [0.4, 0.5) is 20.4 Å². The summed E-state index contributed by atoms with van der Waals surface area (Å²) in [6.07, 6.45) is 1.33. The Balaban J connectivity index is 1.25. The molecule has 1 aliphatic heterocycles. The number of nitrogens with one attached hydrogen (secondary N) is 2. The third kappa shape index (κ3) is 7.61. The zero-order valence-corrected chi connectivity index (χ0v) is 35.5. The summed E-state index contributed by atoms with van der Waals surface area (Å²) in [5.41, 5.74) is -4.29. The van der Waals surface area contributed by atoms with Crippen LogP contribution in [-0.2, 0) is 36.9 Å². The van der Waals surface area contributed by atoms with E-state index in [1.807, 2.05) is 24.3 Å². The average Bonchev–Trinajstić information content (AvgIpc) is 3.93. The minimum absolute atomic E-state index is 0.0795. The Morgan fingerprint density at radius 3 is 1.97 bits per heavy atom. The van der Waals surface area contributed by atoms with Crippen LogP contribution in [0.1, 0.15) is 67.1 Å². The Kier molecular flexibility index (Phi) is 11.4. The lowest BCUT2D eigenvalue weighted by Crippen LogP contribution is -2.51. The molecule has 0 spiro atoms. The van der Waals surface area contributed by atoms with Crippen molar-refractivity contribution in [1.82, 2.24) is 39.0 Å². The van der Waals surface area contributed by atoms with Crippen LogP contribution < -0.4 is 15.4 Å². The van der Waals surface area contributed by atoms with Gasteiger partial charge in [-0.15, -0.1) is 0 Å². The maximum Gasteiger partial charge on any atom is 0.338 e. The van der Waals surface area contributed by atoms with E-state index in [2.05, 4.69) is 40.5 Å². The molecule has 7 aromatic rings. The van der Waals surface area contributed by atoms with Crippen LogP contribution in [0.3, 0.4) is 0 Å². The van der Waals surface area contributed by atoms with E-state index >= 15 is 8.78 Å². The number of halogens is 4. The Bertz CT molecular complexity index is 2950. The van der Waals surface area contributed by atoms with Gasteiger partial charge < -0.3 is 29.6 Å². The predicted molar refractivity (Wildman–Crippen MR) is 225 cm³/mol. The van der Waals surface area contributed by atoms with Crippen molar-refractivity contribution in [2.24, 2.45) is 0 Å². The van der Waals surface area contributed by atoms with Gasteiger partial charge in [0.05, 0.1) is 24.7 Å². The van der Waals surface area contributed by atoms with E-state index in [1.165, 1.54) is 41.4 Å². The Labute approximate surface area is 366 Å². The summed E-state index contributed by atoms with van der Waals surface area (Å²) in [7, 11) is 1.06. The van der Waals surface area contributed by atoms with Gasteiger partial charge >= 0.3 is 17.9 Å². The van der Waals surface area contributed by atoms with Gasteiger partial charge in [0.25, 0.3) is 0 Å². The number of rotatable bonds is 12. The number of hydrogen-bond donors (Lipinski definition) is 2. The molecule has 63 heavy (non-hydrogen) atoms. The molecule has 17 nitrogen and oxygen atoms in total. The second-order valence-corrected chi connectivity index (χ2v) is 15.5. The molecule has 3 aromatic carbocycles. The molecule has 0 unspecified atom stereocenters. The van der Waals surface area contributed by atoms with E-state index in [0.717, 1.165) is 45.1 Å². The molecule has 4 aromatic heterocycles. The molecule has 4 atom stereocenters. The van der Waals surface area contributed by atoms with Gasteiger partial charge in [-0.1, -0.05) is 59.6 Å². The Morgan fingerprint density at radius 2 is 1.40 bits per heavy atom. The molecule has 324 valence electrons. The quantitative estimate of drug-likeness (QED) is 0.0894. The van der Waals surface area contributed by atoms with Crippen LogP contribution in [0.25, 0.3) is 28.0 Å². The maximum atomic E-state index is 18.0. The van der Waals surface area contributed by atoms with Gasteiger partial charge in [-0.3, -0.25) is 18.7 Å². The van der Waals surface area contributed by atoms with Gasteiger partial charge in [0.1, 0.15) is 25.1 Å². The number of hydrogen-bond acceptors (Lipinski definition) is 15. The molecule has 0 saturated carbocycles. The first-order valence-corrected chi connectivity index (χ1v) is 19.9. The summed E-state index contributed by atoms with van der Waals surface area (Å²) in [5.74, 6) is -4.56. The number of anilines is 2. The first-order valence-electron chi connectivity index (χ1n) is 19.1. The lowest BCUT2D eigenvalue weighted by molar-refractivity contribution is -0.174. The van der Waals surface area contributed by atoms with Crippen molar-refractivity contribution >= 4 is 75.1 Å². The van der Waals surface area contributed by atoms with E-state index in [9.17, 15) is 14.4 Å². The zero-order valence-electron chi connectivity index (χ0n) is 34.0. The summed E-state index contributed by atoms with van der Waals surface area (Å²) in [6, 6.07) is 15.5. The second kappa shape index (κ2) is 16.8. The van der Waals surface area contributed by atoms with Crippen molar-refractivity contribution in [3.8, 4) is 11.4 Å². The second-order valence-electron chi connectivity index (χ2n) is 14.7. The van der Waals surface area contributed by atoms with Gasteiger partial charge in [0, 0.05) is 42.5 Å². The maximum absolute atomic E-state index is 18.0. The number of carbonyl (C=O) groups is 3. The molecule has 1 saturated heterocycles. The zero-order chi connectivity index (χ0) is 44.8. The van der Waals surface area contributed by atoms with E-state index in [1.54, 1.807) is 24.3 Å². The van der Waals surface area contributed by atoms with E-state index in [-0.39, 0.29) is 52.7 Å². The molecule has 1 aliphatic rings. The predicted octanol–water partition coefficient (Wildman–Crippen LogP) is 7.66. The summed E-state index contributed by atoms with van der Waals surface area (Å²) in [6.45, 7) is 4.88. The highest BCUT2D eigenvalue weighted by atomic mass is 35.5. The first kappa shape index (κ1) is 42.8. The molecular formula is C42H36Cl2F2N10O7. The number of esters is 3. The number of benzene rings is 3. The lowest BCUT2D eigenvalue weighted by atomic mass is 9.79. The van der Waals surface area contributed by atoms with Crippen molar-refractivity contribution in [3.05, 3.63) is 118 Å². The number of fused-ring (bicyclic) bond motifs is 2. The van der Waals surface area contributed by atoms with Crippen LogP contribution in [0.5, 0.6) is 5.75 Å². The van der Waals surface area contributed by atoms with Crippen LogP contribution in [0, 0.1) is 5.82 Å². The fraction of sp³-hybridized carbons (Fsp3) is 0.262. The molecule has 0 bridgehead atoms. The van der Waals surface area contributed by atoms with Crippen molar-refractivity contribution in [2.45, 2.75) is 64.4 Å². The Morgan fingerprint density at radius 1 is 0.825 bits per heavy atom. The number of nitrogens with zero attached hydrogens (tertiary/aromatic N) is 8. The monoisotopic (exact) mass is 900 g/mol. The lowest BCUT2D eigenvalue weighted by Gasteiger charge is -2.37. The average molecular weight is 902 g/mol.